The molecule has 2 aromatic carbocycles. The van der Waals surface area contributed by atoms with Crippen LogP contribution in [0.15, 0.2) is 53.0 Å². The quantitative estimate of drug-likeness (QED) is 0.887. The van der Waals surface area contributed by atoms with Crippen LogP contribution in [0, 0.1) is 6.92 Å². The lowest BCUT2D eigenvalue weighted by molar-refractivity contribution is 0.300. The first-order valence-corrected chi connectivity index (χ1v) is 8.63. The molecule has 0 bridgehead atoms. The van der Waals surface area contributed by atoms with E-state index in [0.717, 1.165) is 21.2 Å². The van der Waals surface area contributed by atoms with Crippen LogP contribution in [0.5, 0.6) is 0 Å². The van der Waals surface area contributed by atoms with Crippen molar-refractivity contribution in [2.75, 3.05) is 6.61 Å². The Morgan fingerprint density at radius 2 is 1.57 bits per heavy atom. The van der Waals surface area contributed by atoms with Gasteiger partial charge in [-0.1, -0.05) is 57.9 Å². The van der Waals surface area contributed by atoms with Gasteiger partial charge in [-0.15, -0.1) is 0 Å². The molecule has 0 aliphatic carbocycles. The monoisotopic (exact) mass is 367 g/mol. The van der Waals surface area contributed by atoms with Gasteiger partial charge in [0.2, 0.25) is 0 Å². The third-order valence-electron chi connectivity index (χ3n) is 3.61. The molecule has 1 heterocycles. The molecular weight excluding hydrogens is 354 g/mol. The van der Waals surface area contributed by atoms with Crippen LogP contribution < -0.4 is 4.72 Å². The first-order chi connectivity index (χ1) is 9.91. The van der Waals surface area contributed by atoms with Crippen LogP contribution in [-0.2, 0) is 20.0 Å². The van der Waals surface area contributed by atoms with Gasteiger partial charge in [-0.2, -0.15) is 13.1 Å². The zero-order chi connectivity index (χ0) is 15.1. The minimum Gasteiger partial charge on any atom is -0.255 e. The number of hydrogen-bond donors (Lipinski definition) is 1. The van der Waals surface area contributed by atoms with Crippen LogP contribution in [0.2, 0.25) is 0 Å². The Labute approximate surface area is 132 Å². The summed E-state index contributed by atoms with van der Waals surface area (Å²) < 4.78 is 32.1. The molecule has 1 atom stereocenters. The molecule has 0 spiro atoms. The highest BCUT2D eigenvalue weighted by Gasteiger charge is 2.45. The van der Waals surface area contributed by atoms with Crippen molar-refractivity contribution in [3.63, 3.8) is 0 Å². The Balaban J connectivity index is 2.16. The van der Waals surface area contributed by atoms with Crippen molar-refractivity contribution in [3.05, 3.63) is 69.7 Å². The van der Waals surface area contributed by atoms with Gasteiger partial charge in [0.05, 0.1) is 6.61 Å². The van der Waals surface area contributed by atoms with Gasteiger partial charge in [-0.05, 0) is 30.2 Å². The SMILES string of the molecule is Cc1ccc(C2(c3ccc(Br)cc3)COS(=O)(=O)N2)cc1. The lowest BCUT2D eigenvalue weighted by Gasteiger charge is -2.27. The molecule has 1 fully saturated rings. The summed E-state index contributed by atoms with van der Waals surface area (Å²) in [4.78, 5) is 0. The molecule has 0 aromatic heterocycles. The average molecular weight is 368 g/mol. The summed E-state index contributed by atoms with van der Waals surface area (Å²) in [6.07, 6.45) is 0. The Hall–Kier alpha value is -1.21. The van der Waals surface area contributed by atoms with Gasteiger partial charge in [0.25, 0.3) is 0 Å². The van der Waals surface area contributed by atoms with Crippen LogP contribution in [0.4, 0.5) is 0 Å². The van der Waals surface area contributed by atoms with Gasteiger partial charge in [-0.25, -0.2) is 0 Å². The fourth-order valence-electron chi connectivity index (χ4n) is 2.46. The fraction of sp³-hybridized carbons (Fsp3) is 0.200. The third-order valence-corrected chi connectivity index (χ3v) is 5.17. The Morgan fingerprint density at radius 1 is 1.05 bits per heavy atom. The largest absolute Gasteiger partial charge is 0.337 e. The highest BCUT2D eigenvalue weighted by molar-refractivity contribution is 9.10. The smallest absolute Gasteiger partial charge is 0.255 e. The number of benzene rings is 2. The van der Waals surface area contributed by atoms with E-state index >= 15 is 0 Å². The second-order valence-corrected chi connectivity index (χ2v) is 7.36. The maximum atomic E-state index is 11.8. The predicted molar refractivity (Wildman–Crippen MR) is 84.1 cm³/mol. The lowest BCUT2D eigenvalue weighted by Crippen LogP contribution is -2.41. The van der Waals surface area contributed by atoms with E-state index in [-0.39, 0.29) is 6.61 Å². The van der Waals surface area contributed by atoms with E-state index in [0.29, 0.717) is 0 Å². The number of nitrogens with one attached hydrogen (secondary N) is 1. The van der Waals surface area contributed by atoms with Crippen molar-refractivity contribution >= 4 is 26.2 Å². The topological polar surface area (TPSA) is 55.4 Å². The maximum absolute atomic E-state index is 11.8. The molecule has 6 heteroatoms. The molecule has 1 aliphatic rings. The lowest BCUT2D eigenvalue weighted by atomic mass is 9.84. The summed E-state index contributed by atoms with van der Waals surface area (Å²) in [5, 5.41) is 0. The Morgan fingerprint density at radius 3 is 2.05 bits per heavy atom. The summed E-state index contributed by atoms with van der Waals surface area (Å²) in [5.74, 6) is 0. The molecule has 1 aliphatic heterocycles. The van der Waals surface area contributed by atoms with Gasteiger partial charge >= 0.3 is 10.3 Å². The molecule has 0 radical (unpaired) electrons. The van der Waals surface area contributed by atoms with Crippen LogP contribution in [-0.4, -0.2) is 15.0 Å². The van der Waals surface area contributed by atoms with Gasteiger partial charge < -0.3 is 0 Å². The summed E-state index contributed by atoms with van der Waals surface area (Å²) in [6, 6.07) is 15.3. The first kappa shape index (κ1) is 14.7. The normalized spacial score (nSPS) is 24.1. The second kappa shape index (κ2) is 5.21. The molecule has 0 amide bonds. The van der Waals surface area contributed by atoms with Crippen LogP contribution >= 0.6 is 15.9 Å². The van der Waals surface area contributed by atoms with E-state index in [1.54, 1.807) is 0 Å². The fourth-order valence-corrected chi connectivity index (χ4v) is 3.84. The first-order valence-electron chi connectivity index (χ1n) is 6.43. The molecule has 3 rings (SSSR count). The summed E-state index contributed by atoms with van der Waals surface area (Å²) >= 11 is 3.39. The second-order valence-electron chi connectivity index (χ2n) is 5.10. The van der Waals surface area contributed by atoms with Crippen molar-refractivity contribution in [1.29, 1.82) is 0 Å². The third kappa shape index (κ3) is 2.76. The van der Waals surface area contributed by atoms with Gasteiger partial charge in [-0.3, -0.25) is 4.18 Å². The Bertz CT molecular complexity index is 709. The van der Waals surface area contributed by atoms with E-state index in [2.05, 4.69) is 20.7 Å². The van der Waals surface area contributed by atoms with E-state index in [1.807, 2.05) is 55.5 Å². The van der Waals surface area contributed by atoms with Crippen molar-refractivity contribution in [2.24, 2.45) is 0 Å². The predicted octanol–water partition coefficient (Wildman–Crippen LogP) is 2.87. The maximum Gasteiger partial charge on any atom is 0.337 e. The number of aryl methyl sites for hydroxylation is 1. The molecule has 21 heavy (non-hydrogen) atoms. The van der Waals surface area contributed by atoms with Gasteiger partial charge in [0, 0.05) is 4.47 Å². The van der Waals surface area contributed by atoms with Crippen LogP contribution in [0.3, 0.4) is 0 Å². The average Bonchev–Trinajstić information content (AvgIpc) is 2.78. The molecule has 2 aromatic rings. The summed E-state index contributed by atoms with van der Waals surface area (Å²) in [7, 11) is -3.73. The molecule has 1 N–H and O–H groups in total. The van der Waals surface area contributed by atoms with Crippen molar-refractivity contribution < 1.29 is 12.6 Å². The van der Waals surface area contributed by atoms with Crippen LogP contribution in [0.25, 0.3) is 0 Å². The molecule has 0 saturated carbocycles. The van der Waals surface area contributed by atoms with Gasteiger partial charge in [0.1, 0.15) is 5.54 Å². The molecular formula is C15H14BrNO3S. The minimum absolute atomic E-state index is 0.0417. The van der Waals surface area contributed by atoms with Crippen molar-refractivity contribution in [2.45, 2.75) is 12.5 Å². The zero-order valence-electron chi connectivity index (χ0n) is 11.3. The van der Waals surface area contributed by atoms with Crippen molar-refractivity contribution in [3.8, 4) is 0 Å². The summed E-state index contributed by atoms with van der Waals surface area (Å²) in [5.41, 5.74) is 1.94. The zero-order valence-corrected chi connectivity index (χ0v) is 13.7. The van der Waals surface area contributed by atoms with E-state index in [9.17, 15) is 8.42 Å². The van der Waals surface area contributed by atoms with E-state index in [1.165, 1.54) is 0 Å². The highest BCUT2D eigenvalue weighted by atomic mass is 79.9. The molecule has 4 nitrogen and oxygen atoms in total. The Kier molecular flexibility index (Phi) is 3.65. The van der Waals surface area contributed by atoms with E-state index in [4.69, 9.17) is 4.18 Å². The molecule has 1 unspecified atom stereocenters. The van der Waals surface area contributed by atoms with Crippen molar-refractivity contribution in [1.82, 2.24) is 4.72 Å². The molecule has 110 valence electrons. The van der Waals surface area contributed by atoms with Crippen LogP contribution in [0.1, 0.15) is 16.7 Å². The van der Waals surface area contributed by atoms with Gasteiger partial charge in [0.15, 0.2) is 0 Å². The highest BCUT2D eigenvalue weighted by Crippen LogP contribution is 2.36. The van der Waals surface area contributed by atoms with E-state index < -0.39 is 15.8 Å². The standard InChI is InChI=1S/C15H14BrNO3S/c1-11-2-4-12(5-3-11)15(10-20-21(18,19)17-15)13-6-8-14(16)9-7-13/h2-9,17H,10H2,1H3. The molecule has 1 saturated heterocycles. The number of hydrogen-bond acceptors (Lipinski definition) is 3. The number of rotatable bonds is 2. The summed E-state index contributed by atoms with van der Waals surface area (Å²) in [6.45, 7) is 2.03. The number of halogens is 1. The minimum atomic E-state index is -3.73.